The maximum Gasteiger partial charge on any atom is 0.240 e. The molecule has 2 amide bonds. The lowest BCUT2D eigenvalue weighted by Gasteiger charge is -2.24. The van der Waals surface area contributed by atoms with Crippen LogP contribution in [0.4, 0.5) is 0 Å². The minimum Gasteiger partial charge on any atom is -0.368 e. The second-order valence-electron chi connectivity index (χ2n) is 4.72. The topological polar surface area (TPSA) is 98.2 Å². The lowest BCUT2D eigenvalue weighted by molar-refractivity contribution is -0.131. The molecule has 0 spiro atoms. The van der Waals surface area contributed by atoms with Gasteiger partial charge in [-0.15, -0.1) is 0 Å². The molecular weight excluding hydrogens is 206 g/mol. The zero-order chi connectivity index (χ0) is 12.9. The Balaban J connectivity index is 4.56. The highest BCUT2D eigenvalue weighted by Gasteiger charge is 2.27. The Hall–Kier alpha value is -1.10. The summed E-state index contributed by atoms with van der Waals surface area (Å²) < 4.78 is 0. The summed E-state index contributed by atoms with van der Waals surface area (Å²) in [5.74, 6) is -0.865. The molecule has 2 unspecified atom stereocenters. The Morgan fingerprint density at radius 3 is 1.88 bits per heavy atom. The molecule has 0 heterocycles. The summed E-state index contributed by atoms with van der Waals surface area (Å²) in [6, 6.07) is -0.625. The molecule has 0 aliphatic carbocycles. The monoisotopic (exact) mass is 229 g/mol. The quantitative estimate of drug-likeness (QED) is 0.590. The number of hydrogen-bond acceptors (Lipinski definition) is 3. The number of amides is 2. The molecule has 0 saturated carbocycles. The number of nitrogens with two attached hydrogens (primary N) is 2. The zero-order valence-electron chi connectivity index (χ0n) is 10.5. The van der Waals surface area contributed by atoms with Crippen molar-refractivity contribution in [2.45, 2.75) is 33.7 Å². The van der Waals surface area contributed by atoms with Crippen LogP contribution >= 0.6 is 0 Å². The van der Waals surface area contributed by atoms with E-state index in [0.717, 1.165) is 0 Å². The third-order valence-corrected chi connectivity index (χ3v) is 2.67. The summed E-state index contributed by atoms with van der Waals surface area (Å²) in [6.45, 7) is 7.79. The van der Waals surface area contributed by atoms with Gasteiger partial charge in [0.15, 0.2) is 0 Å². The number of hydrogen-bond donors (Lipinski definition) is 3. The lowest BCUT2D eigenvalue weighted by atomic mass is 9.94. The fraction of sp³-hybridized carbons (Fsp3) is 0.818. The Morgan fingerprint density at radius 2 is 1.62 bits per heavy atom. The number of carbonyl (C=O) groups is 2. The highest BCUT2D eigenvalue weighted by Crippen LogP contribution is 2.10. The highest BCUT2D eigenvalue weighted by molar-refractivity contribution is 5.87. The van der Waals surface area contributed by atoms with Crippen LogP contribution < -0.4 is 16.8 Å². The van der Waals surface area contributed by atoms with Gasteiger partial charge in [0, 0.05) is 6.54 Å². The molecule has 0 aliphatic rings. The molecule has 0 radical (unpaired) electrons. The summed E-state index contributed by atoms with van der Waals surface area (Å²) in [6.07, 6.45) is 0. The first kappa shape index (κ1) is 14.9. The second kappa shape index (κ2) is 6.48. The van der Waals surface area contributed by atoms with Crippen LogP contribution in [0.5, 0.6) is 0 Å². The molecule has 0 aromatic rings. The smallest absolute Gasteiger partial charge is 0.240 e. The van der Waals surface area contributed by atoms with E-state index in [0.29, 0.717) is 0 Å². The Bertz CT molecular complexity index is 252. The normalized spacial score (nSPS) is 14.9. The maximum absolute atomic E-state index is 11.8. The molecule has 0 fully saturated rings. The number of rotatable bonds is 6. The van der Waals surface area contributed by atoms with Crippen LogP contribution in [-0.2, 0) is 9.59 Å². The molecule has 5 nitrogen and oxygen atoms in total. The number of nitrogens with one attached hydrogen (secondary N) is 1. The summed E-state index contributed by atoms with van der Waals surface area (Å²) in [5, 5.41) is 2.65. The molecule has 0 bridgehead atoms. The molecule has 16 heavy (non-hydrogen) atoms. The van der Waals surface area contributed by atoms with E-state index in [-0.39, 0.29) is 30.2 Å². The van der Waals surface area contributed by atoms with Gasteiger partial charge in [0.25, 0.3) is 0 Å². The highest BCUT2D eigenvalue weighted by atomic mass is 16.2. The molecule has 5 N–H and O–H groups in total. The van der Waals surface area contributed by atoms with Crippen molar-refractivity contribution >= 4 is 11.8 Å². The molecule has 0 aromatic carbocycles. The molecule has 0 aromatic heterocycles. The van der Waals surface area contributed by atoms with Crippen molar-refractivity contribution in [3.05, 3.63) is 0 Å². The van der Waals surface area contributed by atoms with Gasteiger partial charge in [-0.25, -0.2) is 0 Å². The van der Waals surface area contributed by atoms with Crippen molar-refractivity contribution in [3.8, 4) is 0 Å². The predicted molar refractivity (Wildman–Crippen MR) is 63.3 cm³/mol. The second-order valence-corrected chi connectivity index (χ2v) is 4.72. The zero-order valence-corrected chi connectivity index (χ0v) is 10.5. The van der Waals surface area contributed by atoms with Gasteiger partial charge in [0.1, 0.15) is 6.04 Å². The van der Waals surface area contributed by atoms with Crippen LogP contribution in [0.3, 0.4) is 0 Å². The van der Waals surface area contributed by atoms with Crippen molar-refractivity contribution < 1.29 is 9.59 Å². The van der Waals surface area contributed by atoms with Gasteiger partial charge in [0.05, 0.1) is 5.92 Å². The van der Waals surface area contributed by atoms with Crippen LogP contribution in [0, 0.1) is 17.8 Å². The average molecular weight is 229 g/mol. The first-order valence-electron chi connectivity index (χ1n) is 5.61. The standard InChI is InChI=1S/C11H23N3O2/c1-6(2)8(5-12)11(16)14-9(7(3)4)10(13)15/h6-9H,5,12H2,1-4H3,(H2,13,15)(H,14,16). The molecule has 0 aliphatic heterocycles. The first-order chi connectivity index (χ1) is 7.31. The minimum absolute atomic E-state index is 0.0213. The maximum atomic E-state index is 11.8. The summed E-state index contributed by atoms with van der Waals surface area (Å²) in [7, 11) is 0. The minimum atomic E-state index is -0.625. The van der Waals surface area contributed by atoms with Gasteiger partial charge in [-0.1, -0.05) is 27.7 Å². The molecule has 5 heteroatoms. The third kappa shape index (κ3) is 4.18. The van der Waals surface area contributed by atoms with Crippen LogP contribution in [0.1, 0.15) is 27.7 Å². The molecular formula is C11H23N3O2. The van der Waals surface area contributed by atoms with Crippen LogP contribution in [-0.4, -0.2) is 24.4 Å². The van der Waals surface area contributed by atoms with Gasteiger partial charge in [0.2, 0.25) is 11.8 Å². The van der Waals surface area contributed by atoms with E-state index in [2.05, 4.69) is 5.32 Å². The Kier molecular flexibility index (Phi) is 6.03. The molecule has 0 rings (SSSR count). The van der Waals surface area contributed by atoms with E-state index in [1.165, 1.54) is 0 Å². The summed E-state index contributed by atoms with van der Waals surface area (Å²) >= 11 is 0. The Morgan fingerprint density at radius 1 is 1.12 bits per heavy atom. The van der Waals surface area contributed by atoms with E-state index in [9.17, 15) is 9.59 Å². The van der Waals surface area contributed by atoms with E-state index < -0.39 is 11.9 Å². The predicted octanol–water partition coefficient (Wildman–Crippen LogP) is -0.157. The fourth-order valence-electron chi connectivity index (χ4n) is 1.51. The summed E-state index contributed by atoms with van der Waals surface area (Å²) in [5.41, 5.74) is 10.7. The average Bonchev–Trinajstić information content (AvgIpc) is 2.13. The van der Waals surface area contributed by atoms with E-state index in [1.807, 2.05) is 27.7 Å². The van der Waals surface area contributed by atoms with Crippen molar-refractivity contribution in [2.75, 3.05) is 6.54 Å². The van der Waals surface area contributed by atoms with Crippen LogP contribution in [0.25, 0.3) is 0 Å². The number of carbonyl (C=O) groups excluding carboxylic acids is 2. The number of primary amides is 1. The van der Waals surface area contributed by atoms with E-state index in [1.54, 1.807) is 0 Å². The van der Waals surface area contributed by atoms with Crippen molar-refractivity contribution in [1.29, 1.82) is 0 Å². The van der Waals surface area contributed by atoms with E-state index in [4.69, 9.17) is 11.5 Å². The van der Waals surface area contributed by atoms with Crippen molar-refractivity contribution in [1.82, 2.24) is 5.32 Å². The van der Waals surface area contributed by atoms with Crippen LogP contribution in [0.15, 0.2) is 0 Å². The van der Waals surface area contributed by atoms with Crippen molar-refractivity contribution in [3.63, 3.8) is 0 Å². The van der Waals surface area contributed by atoms with Gasteiger partial charge >= 0.3 is 0 Å². The largest absolute Gasteiger partial charge is 0.368 e. The lowest BCUT2D eigenvalue weighted by Crippen LogP contribution is -2.51. The van der Waals surface area contributed by atoms with Gasteiger partial charge in [-0.2, -0.15) is 0 Å². The Labute approximate surface area is 96.9 Å². The summed E-state index contributed by atoms with van der Waals surface area (Å²) in [4.78, 5) is 23.0. The third-order valence-electron chi connectivity index (χ3n) is 2.67. The van der Waals surface area contributed by atoms with Crippen molar-refractivity contribution in [2.24, 2.45) is 29.2 Å². The van der Waals surface area contributed by atoms with Gasteiger partial charge < -0.3 is 16.8 Å². The van der Waals surface area contributed by atoms with E-state index >= 15 is 0 Å². The SMILES string of the molecule is CC(C)C(CN)C(=O)NC(C(N)=O)C(C)C. The van der Waals surface area contributed by atoms with Crippen LogP contribution in [0.2, 0.25) is 0 Å². The van der Waals surface area contributed by atoms with Gasteiger partial charge in [-0.3, -0.25) is 9.59 Å². The molecule has 94 valence electrons. The molecule has 0 saturated heterocycles. The first-order valence-corrected chi connectivity index (χ1v) is 5.61. The fourth-order valence-corrected chi connectivity index (χ4v) is 1.51. The van der Waals surface area contributed by atoms with Gasteiger partial charge in [-0.05, 0) is 11.8 Å². The molecule has 2 atom stereocenters.